The number of aryl methyl sites for hydroxylation is 1. The molecule has 0 fully saturated rings. The molecule has 0 aliphatic rings. The predicted molar refractivity (Wildman–Crippen MR) is 94.4 cm³/mol. The first-order valence-electron chi connectivity index (χ1n) is 7.43. The summed E-state index contributed by atoms with van der Waals surface area (Å²) in [6.07, 6.45) is 0. The van der Waals surface area contributed by atoms with E-state index in [9.17, 15) is 8.42 Å². The molecule has 0 unspecified atom stereocenters. The van der Waals surface area contributed by atoms with E-state index in [-0.39, 0.29) is 0 Å². The van der Waals surface area contributed by atoms with Crippen LogP contribution in [-0.4, -0.2) is 24.9 Å². The lowest BCUT2D eigenvalue weighted by molar-refractivity contribution is 0.427. The number of sulfonamides is 1. The molecule has 1 aromatic carbocycles. The maximum atomic E-state index is 12.8. The van der Waals surface area contributed by atoms with Crippen molar-refractivity contribution in [3.63, 3.8) is 0 Å². The fourth-order valence-electron chi connectivity index (χ4n) is 2.31. The van der Waals surface area contributed by atoms with Crippen LogP contribution in [-0.2, 0) is 16.6 Å². The van der Waals surface area contributed by atoms with Crippen molar-refractivity contribution in [1.82, 2.24) is 9.46 Å². The summed E-state index contributed by atoms with van der Waals surface area (Å²) in [6, 6.07) is 12.9. The first-order valence-corrected chi connectivity index (χ1v) is 9.68. The highest BCUT2D eigenvalue weighted by Gasteiger charge is 2.24. The molecule has 2 heterocycles. The van der Waals surface area contributed by atoms with Crippen LogP contribution in [0.15, 0.2) is 51.2 Å². The molecule has 3 rings (SSSR count). The van der Waals surface area contributed by atoms with E-state index in [0.717, 1.165) is 21.7 Å². The number of rotatable bonds is 5. The lowest BCUT2D eigenvalue weighted by Crippen LogP contribution is -2.25. The second-order valence-electron chi connectivity index (χ2n) is 5.59. The Balaban J connectivity index is 1.87. The smallest absolute Gasteiger partial charge is 0.252 e. The zero-order valence-corrected chi connectivity index (χ0v) is 15.3. The minimum atomic E-state index is -3.54. The van der Waals surface area contributed by atoms with Gasteiger partial charge in [-0.3, -0.25) is 0 Å². The lowest BCUT2D eigenvalue weighted by atomic mass is 10.2. The first kappa shape index (κ1) is 16.9. The van der Waals surface area contributed by atoms with Gasteiger partial charge in [-0.1, -0.05) is 35.5 Å². The van der Waals surface area contributed by atoms with E-state index in [1.165, 1.54) is 15.6 Å². The highest BCUT2D eigenvalue weighted by Crippen LogP contribution is 2.34. The lowest BCUT2D eigenvalue weighted by Gasteiger charge is -2.15. The molecule has 24 heavy (non-hydrogen) atoms. The Hall–Kier alpha value is -1.96. The molecule has 5 nitrogen and oxygen atoms in total. The van der Waals surface area contributed by atoms with Crippen molar-refractivity contribution >= 4 is 21.4 Å². The molecule has 0 atom stereocenters. The summed E-state index contributed by atoms with van der Waals surface area (Å²) in [7, 11) is -1.95. The summed E-state index contributed by atoms with van der Waals surface area (Å²) in [5, 5.41) is 3.93. The van der Waals surface area contributed by atoms with Gasteiger partial charge in [0.15, 0.2) is 5.76 Å². The monoisotopic (exact) mass is 362 g/mol. The van der Waals surface area contributed by atoms with E-state index >= 15 is 0 Å². The minimum Gasteiger partial charge on any atom is -0.355 e. The number of nitrogens with zero attached hydrogens (tertiary/aromatic N) is 2. The Morgan fingerprint density at radius 2 is 1.83 bits per heavy atom. The SMILES string of the molecule is Cc1noc(-c2ccc(S(=O)(=O)N(C)Cc3ccccc3)s2)c1C. The molecule has 7 heteroatoms. The minimum absolute atomic E-state index is 0.296. The fraction of sp³-hybridized carbons (Fsp3) is 0.235. The summed E-state index contributed by atoms with van der Waals surface area (Å²) in [4.78, 5) is 0.764. The molecular formula is C17H18N2O3S2. The van der Waals surface area contributed by atoms with Gasteiger partial charge in [0.1, 0.15) is 4.21 Å². The maximum absolute atomic E-state index is 12.8. The topological polar surface area (TPSA) is 63.4 Å². The second-order valence-corrected chi connectivity index (χ2v) is 8.94. The third-order valence-electron chi connectivity index (χ3n) is 3.87. The van der Waals surface area contributed by atoms with Gasteiger partial charge in [0.2, 0.25) is 0 Å². The van der Waals surface area contributed by atoms with Gasteiger partial charge in [-0.25, -0.2) is 8.42 Å². The molecule has 126 valence electrons. The van der Waals surface area contributed by atoms with Gasteiger partial charge in [0.25, 0.3) is 10.0 Å². The molecular weight excluding hydrogens is 344 g/mol. The van der Waals surface area contributed by atoms with Crippen molar-refractivity contribution in [3.05, 3.63) is 59.3 Å². The molecule has 0 N–H and O–H groups in total. The Morgan fingerprint density at radius 3 is 2.46 bits per heavy atom. The van der Waals surface area contributed by atoms with E-state index in [1.54, 1.807) is 19.2 Å². The quantitative estimate of drug-likeness (QED) is 0.692. The molecule has 0 amide bonds. The van der Waals surface area contributed by atoms with Gasteiger partial charge in [-0.2, -0.15) is 4.31 Å². The predicted octanol–water partition coefficient (Wildman–Crippen LogP) is 3.84. The Bertz CT molecular complexity index is 943. The van der Waals surface area contributed by atoms with Gasteiger partial charge in [-0.15, -0.1) is 11.3 Å². The van der Waals surface area contributed by atoms with Crippen LogP contribution in [0.3, 0.4) is 0 Å². The zero-order chi connectivity index (χ0) is 17.3. The van der Waals surface area contributed by atoms with Gasteiger partial charge < -0.3 is 4.52 Å². The number of thiophene rings is 1. The fourth-order valence-corrected chi connectivity index (χ4v) is 5.02. The van der Waals surface area contributed by atoms with Crippen LogP contribution < -0.4 is 0 Å². The maximum Gasteiger partial charge on any atom is 0.252 e. The second kappa shape index (κ2) is 6.51. The van der Waals surface area contributed by atoms with E-state index in [1.807, 2.05) is 44.2 Å². The number of hydrogen-bond donors (Lipinski definition) is 0. The summed E-state index contributed by atoms with van der Waals surface area (Å²) >= 11 is 1.20. The average Bonchev–Trinajstić information content (AvgIpc) is 3.17. The van der Waals surface area contributed by atoms with Crippen molar-refractivity contribution < 1.29 is 12.9 Å². The summed E-state index contributed by atoms with van der Waals surface area (Å²) in [5.74, 6) is 0.629. The third kappa shape index (κ3) is 3.15. The van der Waals surface area contributed by atoms with Crippen LogP contribution in [0.2, 0.25) is 0 Å². The normalized spacial score (nSPS) is 12.0. The molecule has 3 aromatic rings. The van der Waals surface area contributed by atoms with Crippen LogP contribution in [0.1, 0.15) is 16.8 Å². The molecule has 2 aromatic heterocycles. The highest BCUT2D eigenvalue weighted by molar-refractivity contribution is 7.91. The van der Waals surface area contributed by atoms with E-state index < -0.39 is 10.0 Å². The summed E-state index contributed by atoms with van der Waals surface area (Å²) < 4.78 is 32.5. The van der Waals surface area contributed by atoms with Gasteiger partial charge in [0, 0.05) is 19.2 Å². The van der Waals surface area contributed by atoms with Crippen molar-refractivity contribution in [3.8, 4) is 10.6 Å². The average molecular weight is 362 g/mol. The highest BCUT2D eigenvalue weighted by atomic mass is 32.2. The molecule has 0 radical (unpaired) electrons. The molecule has 0 saturated carbocycles. The van der Waals surface area contributed by atoms with Crippen molar-refractivity contribution in [1.29, 1.82) is 0 Å². The Morgan fingerprint density at radius 1 is 1.12 bits per heavy atom. The standard InChI is InChI=1S/C17H18N2O3S2/c1-12-13(2)18-22-17(12)15-9-10-16(23-15)24(20,21)19(3)11-14-7-5-4-6-8-14/h4-10H,11H2,1-3H3. The van der Waals surface area contributed by atoms with Crippen molar-refractivity contribution in [2.45, 2.75) is 24.6 Å². The van der Waals surface area contributed by atoms with Crippen LogP contribution >= 0.6 is 11.3 Å². The van der Waals surface area contributed by atoms with Gasteiger partial charge in [0.05, 0.1) is 10.6 Å². The van der Waals surface area contributed by atoms with E-state index in [4.69, 9.17) is 4.52 Å². The van der Waals surface area contributed by atoms with Crippen LogP contribution in [0, 0.1) is 13.8 Å². The largest absolute Gasteiger partial charge is 0.355 e. The van der Waals surface area contributed by atoms with E-state index in [2.05, 4.69) is 5.16 Å². The number of benzene rings is 1. The van der Waals surface area contributed by atoms with Crippen LogP contribution in [0.25, 0.3) is 10.6 Å². The van der Waals surface area contributed by atoms with Gasteiger partial charge >= 0.3 is 0 Å². The van der Waals surface area contributed by atoms with Gasteiger partial charge in [-0.05, 0) is 31.5 Å². The number of aromatic nitrogens is 1. The number of hydrogen-bond acceptors (Lipinski definition) is 5. The Kier molecular flexibility index (Phi) is 4.58. The van der Waals surface area contributed by atoms with Crippen molar-refractivity contribution in [2.75, 3.05) is 7.05 Å². The third-order valence-corrected chi connectivity index (χ3v) is 7.23. The summed E-state index contributed by atoms with van der Waals surface area (Å²) in [5.41, 5.74) is 2.68. The Labute approximate surface area is 145 Å². The van der Waals surface area contributed by atoms with Crippen LogP contribution in [0.5, 0.6) is 0 Å². The van der Waals surface area contributed by atoms with Crippen molar-refractivity contribution in [2.24, 2.45) is 0 Å². The summed E-state index contributed by atoms with van der Waals surface area (Å²) in [6.45, 7) is 4.11. The molecule has 0 aliphatic carbocycles. The molecule has 0 spiro atoms. The first-order chi connectivity index (χ1) is 11.4. The molecule has 0 saturated heterocycles. The zero-order valence-electron chi connectivity index (χ0n) is 13.7. The van der Waals surface area contributed by atoms with Crippen LogP contribution in [0.4, 0.5) is 0 Å². The molecule has 0 aliphatic heterocycles. The molecule has 0 bridgehead atoms. The van der Waals surface area contributed by atoms with E-state index in [0.29, 0.717) is 16.5 Å².